The van der Waals surface area contributed by atoms with E-state index in [4.69, 9.17) is 5.11 Å². The van der Waals surface area contributed by atoms with E-state index in [1.54, 1.807) is 25.1 Å². The molecule has 0 aliphatic rings. The number of rotatable bonds is 7. The lowest BCUT2D eigenvalue weighted by molar-refractivity contribution is 0.0924. The van der Waals surface area contributed by atoms with E-state index >= 15 is 0 Å². The van der Waals surface area contributed by atoms with Gasteiger partial charge in [-0.05, 0) is 31.9 Å². The normalized spacial score (nSPS) is 12.2. The summed E-state index contributed by atoms with van der Waals surface area (Å²) in [6, 6.07) is 6.05. The molecule has 23 heavy (non-hydrogen) atoms. The van der Waals surface area contributed by atoms with Crippen molar-refractivity contribution >= 4 is 5.91 Å². The Balaban J connectivity index is 2.32. The summed E-state index contributed by atoms with van der Waals surface area (Å²) in [5.74, 6) is -0.312. The monoisotopic (exact) mass is 320 g/mol. The van der Waals surface area contributed by atoms with Gasteiger partial charge in [0.25, 0.3) is 5.91 Å². The number of hydrogen-bond donors (Lipinski definition) is 2. The summed E-state index contributed by atoms with van der Waals surface area (Å²) in [5.41, 5.74) is 0.269. The summed E-state index contributed by atoms with van der Waals surface area (Å²) in [6.45, 7) is 3.75. The second kappa shape index (κ2) is 7.82. The van der Waals surface area contributed by atoms with E-state index in [0.717, 1.165) is 6.42 Å². The maximum Gasteiger partial charge on any atom is 0.291 e. The van der Waals surface area contributed by atoms with Crippen molar-refractivity contribution in [3.05, 3.63) is 41.7 Å². The molecule has 0 fully saturated rings. The van der Waals surface area contributed by atoms with E-state index in [1.165, 1.54) is 10.7 Å². The number of aliphatic hydroxyl groups is 1. The molecule has 1 heterocycles. The number of aryl methyl sites for hydroxylation is 1. The number of para-hydroxylation sites is 1. The summed E-state index contributed by atoms with van der Waals surface area (Å²) in [6.07, 6.45) is 1.83. The van der Waals surface area contributed by atoms with Crippen molar-refractivity contribution in [1.82, 2.24) is 20.1 Å². The van der Waals surface area contributed by atoms with Crippen molar-refractivity contribution in [2.24, 2.45) is 0 Å². The highest BCUT2D eigenvalue weighted by Crippen LogP contribution is 2.15. The predicted molar refractivity (Wildman–Crippen MR) is 83.9 cm³/mol. The van der Waals surface area contributed by atoms with E-state index < -0.39 is 11.7 Å². The lowest BCUT2D eigenvalue weighted by Gasteiger charge is -2.10. The van der Waals surface area contributed by atoms with Crippen LogP contribution in [-0.2, 0) is 6.42 Å². The quantitative estimate of drug-likeness (QED) is 0.816. The molecule has 1 aromatic heterocycles. The van der Waals surface area contributed by atoms with Crippen molar-refractivity contribution < 1.29 is 14.3 Å². The first-order chi connectivity index (χ1) is 11.1. The first kappa shape index (κ1) is 17.1. The molecule has 0 bridgehead atoms. The minimum absolute atomic E-state index is 0.00138. The number of nitrogens with zero attached hydrogens (tertiary/aromatic N) is 3. The minimum atomic E-state index is -0.432. The number of carbonyl (C=O) groups excluding carboxylic acids is 1. The number of halogens is 1. The highest BCUT2D eigenvalue weighted by molar-refractivity contribution is 5.90. The first-order valence-electron chi connectivity index (χ1n) is 7.69. The van der Waals surface area contributed by atoms with E-state index in [1.807, 2.05) is 6.92 Å². The van der Waals surface area contributed by atoms with Crippen molar-refractivity contribution in [3.8, 4) is 5.69 Å². The van der Waals surface area contributed by atoms with Crippen LogP contribution < -0.4 is 5.32 Å². The van der Waals surface area contributed by atoms with Crippen LogP contribution in [0.2, 0.25) is 0 Å². The third-order valence-corrected chi connectivity index (χ3v) is 3.37. The van der Waals surface area contributed by atoms with Gasteiger partial charge in [0.05, 0.1) is 0 Å². The topological polar surface area (TPSA) is 80.0 Å². The largest absolute Gasteiger partial charge is 0.396 e. The Bertz CT molecular complexity index is 672. The summed E-state index contributed by atoms with van der Waals surface area (Å²) >= 11 is 0. The second-order valence-electron chi connectivity index (χ2n) is 5.35. The molecule has 0 aliphatic heterocycles. The molecule has 2 N–H and O–H groups in total. The van der Waals surface area contributed by atoms with Crippen LogP contribution in [0.25, 0.3) is 5.69 Å². The van der Waals surface area contributed by atoms with Gasteiger partial charge < -0.3 is 10.4 Å². The van der Waals surface area contributed by atoms with Gasteiger partial charge in [-0.25, -0.2) is 14.1 Å². The van der Waals surface area contributed by atoms with Crippen molar-refractivity contribution in [3.63, 3.8) is 0 Å². The van der Waals surface area contributed by atoms with Crippen molar-refractivity contribution in [2.75, 3.05) is 6.61 Å². The smallest absolute Gasteiger partial charge is 0.291 e. The molecule has 0 aliphatic carbocycles. The van der Waals surface area contributed by atoms with Gasteiger partial charge in [-0.15, -0.1) is 5.10 Å². The van der Waals surface area contributed by atoms with E-state index in [2.05, 4.69) is 15.4 Å². The molecular formula is C16H21FN4O2. The van der Waals surface area contributed by atoms with Crippen LogP contribution in [0.1, 0.15) is 43.1 Å². The third kappa shape index (κ3) is 4.13. The Morgan fingerprint density at radius 1 is 1.43 bits per heavy atom. The number of hydrogen-bond acceptors (Lipinski definition) is 4. The standard InChI is InChI=1S/C16H21FN4O2/c1-3-6-14-19-15(16(23)18-11(2)9-10-22)20-21(14)13-8-5-4-7-12(13)17/h4-5,7-8,11,22H,3,6,9-10H2,1-2H3,(H,18,23)/t11-/m1/s1. The molecular weight excluding hydrogens is 299 g/mol. The Kier molecular flexibility index (Phi) is 5.81. The van der Waals surface area contributed by atoms with Crippen LogP contribution in [0.5, 0.6) is 0 Å². The molecule has 0 radical (unpaired) electrons. The molecule has 124 valence electrons. The SMILES string of the molecule is CCCc1nc(C(=O)N[C@H](C)CCO)nn1-c1ccccc1F. The van der Waals surface area contributed by atoms with Crippen LogP contribution >= 0.6 is 0 Å². The molecule has 0 saturated heterocycles. The number of aromatic nitrogens is 3. The number of carbonyl (C=O) groups is 1. The van der Waals surface area contributed by atoms with Crippen LogP contribution in [0.4, 0.5) is 4.39 Å². The highest BCUT2D eigenvalue weighted by Gasteiger charge is 2.19. The number of benzene rings is 1. The highest BCUT2D eigenvalue weighted by atomic mass is 19.1. The number of aliphatic hydroxyl groups excluding tert-OH is 1. The van der Waals surface area contributed by atoms with Crippen LogP contribution in [0.3, 0.4) is 0 Å². The first-order valence-corrected chi connectivity index (χ1v) is 7.69. The zero-order valence-electron chi connectivity index (χ0n) is 13.3. The fraction of sp³-hybridized carbons (Fsp3) is 0.438. The van der Waals surface area contributed by atoms with E-state index in [9.17, 15) is 9.18 Å². The Labute approximate surface area is 134 Å². The van der Waals surface area contributed by atoms with Gasteiger partial charge >= 0.3 is 0 Å². The van der Waals surface area contributed by atoms with Crippen LogP contribution in [-0.4, -0.2) is 38.4 Å². The average molecular weight is 320 g/mol. The fourth-order valence-electron chi connectivity index (χ4n) is 2.20. The summed E-state index contributed by atoms with van der Waals surface area (Å²) in [5, 5.41) is 15.8. The van der Waals surface area contributed by atoms with Gasteiger partial charge in [-0.1, -0.05) is 19.1 Å². The summed E-state index contributed by atoms with van der Waals surface area (Å²) in [4.78, 5) is 16.4. The lowest BCUT2D eigenvalue weighted by Crippen LogP contribution is -2.34. The van der Waals surface area contributed by atoms with Crippen LogP contribution in [0.15, 0.2) is 24.3 Å². The Hall–Kier alpha value is -2.28. The number of nitrogens with one attached hydrogen (secondary N) is 1. The Morgan fingerprint density at radius 3 is 2.83 bits per heavy atom. The summed E-state index contributed by atoms with van der Waals surface area (Å²) in [7, 11) is 0. The molecule has 1 atom stereocenters. The van der Waals surface area contributed by atoms with Gasteiger partial charge in [-0.2, -0.15) is 0 Å². The van der Waals surface area contributed by atoms with E-state index in [-0.39, 0.29) is 24.2 Å². The molecule has 0 saturated carbocycles. The molecule has 1 aromatic carbocycles. The third-order valence-electron chi connectivity index (χ3n) is 3.37. The van der Waals surface area contributed by atoms with Crippen LogP contribution in [0, 0.1) is 5.82 Å². The number of amides is 1. The maximum absolute atomic E-state index is 14.0. The van der Waals surface area contributed by atoms with Gasteiger partial charge in [0.1, 0.15) is 17.3 Å². The molecule has 6 nitrogen and oxygen atoms in total. The maximum atomic E-state index is 14.0. The fourth-order valence-corrected chi connectivity index (χ4v) is 2.20. The second-order valence-corrected chi connectivity index (χ2v) is 5.35. The van der Waals surface area contributed by atoms with Crippen molar-refractivity contribution in [2.45, 2.75) is 39.2 Å². The average Bonchev–Trinajstić information content (AvgIpc) is 2.92. The molecule has 0 unspecified atom stereocenters. The zero-order valence-corrected chi connectivity index (χ0v) is 13.3. The van der Waals surface area contributed by atoms with Gasteiger partial charge in [0.2, 0.25) is 5.82 Å². The molecule has 2 aromatic rings. The molecule has 0 spiro atoms. The lowest BCUT2D eigenvalue weighted by atomic mass is 10.2. The molecule has 7 heteroatoms. The predicted octanol–water partition coefficient (Wildman–Crippen LogP) is 1.86. The molecule has 2 rings (SSSR count). The zero-order chi connectivity index (χ0) is 16.8. The summed E-state index contributed by atoms with van der Waals surface area (Å²) < 4.78 is 15.4. The van der Waals surface area contributed by atoms with E-state index in [0.29, 0.717) is 18.7 Å². The molecule has 1 amide bonds. The Morgan fingerprint density at radius 2 is 2.17 bits per heavy atom. The minimum Gasteiger partial charge on any atom is -0.396 e. The van der Waals surface area contributed by atoms with Gasteiger partial charge in [0, 0.05) is 19.1 Å². The van der Waals surface area contributed by atoms with Crippen molar-refractivity contribution in [1.29, 1.82) is 0 Å². The van der Waals surface area contributed by atoms with Gasteiger partial charge in [0.15, 0.2) is 0 Å². The van der Waals surface area contributed by atoms with Gasteiger partial charge in [-0.3, -0.25) is 4.79 Å².